The summed E-state index contributed by atoms with van der Waals surface area (Å²) in [5.74, 6) is 0. The molecule has 0 bridgehead atoms. The molecule has 0 aromatic rings. The Morgan fingerprint density at radius 3 is 1.79 bits per heavy atom. The minimum absolute atomic E-state index is 1.03. The SMILES string of the molecule is CN(C)C/[C](=C/[Si](C)(C)C)[Sn]([CH3])([CH3])[CH3]. The maximum absolute atomic E-state index is 2.64. The van der Waals surface area contributed by atoms with Crippen molar-refractivity contribution in [1.29, 1.82) is 0 Å². The summed E-state index contributed by atoms with van der Waals surface area (Å²) < 4.78 is 1.79. The van der Waals surface area contributed by atoms with Gasteiger partial charge in [-0.15, -0.1) is 0 Å². The molecule has 0 aromatic heterocycles. The normalized spacial score (nSPS) is 15.1. The van der Waals surface area contributed by atoms with E-state index in [1.807, 2.05) is 0 Å². The summed E-state index contributed by atoms with van der Waals surface area (Å²) in [4.78, 5) is 9.87. The fraction of sp³-hybridized carbons (Fsp3) is 0.818. The van der Waals surface area contributed by atoms with Crippen LogP contribution in [0.4, 0.5) is 0 Å². The van der Waals surface area contributed by atoms with Gasteiger partial charge in [-0.3, -0.25) is 0 Å². The average Bonchev–Trinajstić information content (AvgIpc) is 1.78. The molecule has 0 aliphatic rings. The summed E-state index contributed by atoms with van der Waals surface area (Å²) in [6, 6.07) is 0. The Balaban J connectivity index is 4.83. The Hall–Kier alpha value is 0.716. The Labute approximate surface area is 95.5 Å². The minimum atomic E-state index is -1.83. The number of hydrogen-bond donors (Lipinski definition) is 0. The van der Waals surface area contributed by atoms with E-state index in [0.29, 0.717) is 0 Å². The van der Waals surface area contributed by atoms with Gasteiger partial charge in [-0.25, -0.2) is 0 Å². The van der Waals surface area contributed by atoms with E-state index in [4.69, 9.17) is 0 Å². The predicted molar refractivity (Wildman–Crippen MR) is 73.3 cm³/mol. The molecule has 0 saturated carbocycles. The Morgan fingerprint density at radius 2 is 1.57 bits per heavy atom. The van der Waals surface area contributed by atoms with Crippen LogP contribution in [0.3, 0.4) is 0 Å². The molecule has 0 rings (SSSR count). The van der Waals surface area contributed by atoms with Crippen LogP contribution in [0.25, 0.3) is 0 Å². The Kier molecular flexibility index (Phi) is 5.43. The first kappa shape index (κ1) is 14.7. The van der Waals surface area contributed by atoms with Gasteiger partial charge in [-0.05, 0) is 0 Å². The predicted octanol–water partition coefficient (Wildman–Crippen LogP) is 3.23. The number of hydrogen-bond acceptors (Lipinski definition) is 1. The molecule has 14 heavy (non-hydrogen) atoms. The standard InChI is InChI=1S/C8H18NSi.3CH3.Sn/c1-9(2)7-6-8-10(3,4)5;;;;/h8H,7H2,1-5H3;3*1H3;. The zero-order valence-electron chi connectivity index (χ0n) is 11.2. The monoisotopic (exact) mass is 321 g/mol. The van der Waals surface area contributed by atoms with Gasteiger partial charge in [-0.1, -0.05) is 0 Å². The quantitative estimate of drug-likeness (QED) is 0.719. The molecule has 0 heterocycles. The second-order valence-electron chi connectivity index (χ2n) is 6.52. The summed E-state index contributed by atoms with van der Waals surface area (Å²) >= 11 is -1.83. The molecule has 0 saturated heterocycles. The molecular formula is C11H27NSiSn. The first-order valence-corrected chi connectivity index (χ1v) is 19.0. The van der Waals surface area contributed by atoms with E-state index in [2.05, 4.69) is 59.2 Å². The summed E-state index contributed by atoms with van der Waals surface area (Å²) in [5, 5.41) is 0. The zero-order chi connectivity index (χ0) is 11.6. The van der Waals surface area contributed by atoms with Crippen LogP contribution in [0.5, 0.6) is 0 Å². The molecule has 0 radical (unpaired) electrons. The first-order valence-electron chi connectivity index (χ1n) is 5.39. The van der Waals surface area contributed by atoms with Gasteiger partial charge in [0.1, 0.15) is 0 Å². The van der Waals surface area contributed by atoms with Crippen molar-refractivity contribution in [3.05, 3.63) is 9.29 Å². The van der Waals surface area contributed by atoms with Crippen LogP contribution in [0.1, 0.15) is 0 Å². The number of nitrogens with zero attached hydrogens (tertiary/aromatic N) is 1. The maximum atomic E-state index is 2.64. The average molecular weight is 320 g/mol. The third-order valence-electron chi connectivity index (χ3n) is 2.06. The molecule has 3 heteroatoms. The van der Waals surface area contributed by atoms with E-state index in [-0.39, 0.29) is 0 Å². The van der Waals surface area contributed by atoms with Crippen LogP contribution in [0.2, 0.25) is 34.5 Å². The van der Waals surface area contributed by atoms with Crippen molar-refractivity contribution in [3.8, 4) is 0 Å². The summed E-state index contributed by atoms with van der Waals surface area (Å²) in [6.07, 6.45) is 0. The fourth-order valence-electron chi connectivity index (χ4n) is 1.36. The molecule has 0 aliphatic carbocycles. The Bertz CT molecular complexity index is 208. The molecule has 0 aromatic carbocycles. The molecule has 0 spiro atoms. The van der Waals surface area contributed by atoms with Crippen LogP contribution in [0.15, 0.2) is 9.29 Å². The van der Waals surface area contributed by atoms with Crippen LogP contribution in [0, 0.1) is 0 Å². The van der Waals surface area contributed by atoms with E-state index < -0.39 is 26.5 Å². The second-order valence-corrected chi connectivity index (χ2v) is 26.2. The summed E-state index contributed by atoms with van der Waals surface area (Å²) in [5.41, 5.74) is 2.64. The molecule has 0 fully saturated rings. The number of likely N-dealkylation sites (N-methyl/N-ethyl adjacent to an activating group) is 1. The van der Waals surface area contributed by atoms with Crippen molar-refractivity contribution in [1.82, 2.24) is 4.90 Å². The van der Waals surface area contributed by atoms with E-state index >= 15 is 0 Å². The van der Waals surface area contributed by atoms with E-state index in [1.54, 1.807) is 3.59 Å². The van der Waals surface area contributed by atoms with Crippen molar-refractivity contribution < 1.29 is 0 Å². The fourth-order valence-corrected chi connectivity index (χ4v) is 12.6. The van der Waals surface area contributed by atoms with Crippen molar-refractivity contribution in [2.75, 3.05) is 20.6 Å². The molecule has 1 nitrogen and oxygen atoms in total. The van der Waals surface area contributed by atoms with Gasteiger partial charge in [0, 0.05) is 0 Å². The zero-order valence-corrected chi connectivity index (χ0v) is 15.1. The second kappa shape index (κ2) is 5.17. The molecule has 0 N–H and O–H groups in total. The van der Waals surface area contributed by atoms with Crippen molar-refractivity contribution in [2.45, 2.75) is 34.5 Å². The number of rotatable bonds is 4. The molecule has 0 atom stereocenters. The van der Waals surface area contributed by atoms with E-state index in [0.717, 1.165) is 0 Å². The van der Waals surface area contributed by atoms with Crippen LogP contribution >= 0.6 is 0 Å². The van der Waals surface area contributed by atoms with Gasteiger partial charge in [0.05, 0.1) is 0 Å². The Morgan fingerprint density at radius 1 is 1.14 bits per heavy atom. The molecule has 0 amide bonds. The molecule has 0 aliphatic heterocycles. The van der Waals surface area contributed by atoms with Crippen LogP contribution < -0.4 is 0 Å². The van der Waals surface area contributed by atoms with Crippen molar-refractivity contribution >= 4 is 26.5 Å². The van der Waals surface area contributed by atoms with E-state index in [9.17, 15) is 0 Å². The molecule has 84 valence electrons. The van der Waals surface area contributed by atoms with Gasteiger partial charge in [0.2, 0.25) is 0 Å². The van der Waals surface area contributed by atoms with Gasteiger partial charge < -0.3 is 0 Å². The van der Waals surface area contributed by atoms with Crippen LogP contribution in [-0.4, -0.2) is 52.0 Å². The van der Waals surface area contributed by atoms with Gasteiger partial charge in [0.15, 0.2) is 0 Å². The van der Waals surface area contributed by atoms with Crippen molar-refractivity contribution in [2.24, 2.45) is 0 Å². The third kappa shape index (κ3) is 7.07. The van der Waals surface area contributed by atoms with Gasteiger partial charge in [0.25, 0.3) is 0 Å². The van der Waals surface area contributed by atoms with Gasteiger partial charge >= 0.3 is 95.7 Å². The van der Waals surface area contributed by atoms with Crippen molar-refractivity contribution in [3.63, 3.8) is 0 Å². The van der Waals surface area contributed by atoms with Crippen LogP contribution in [-0.2, 0) is 0 Å². The molecular weight excluding hydrogens is 293 g/mol. The molecule has 0 unspecified atom stereocenters. The topological polar surface area (TPSA) is 3.24 Å². The summed E-state index contributed by atoms with van der Waals surface area (Å²) in [7, 11) is 3.32. The van der Waals surface area contributed by atoms with Gasteiger partial charge in [-0.2, -0.15) is 0 Å². The third-order valence-corrected chi connectivity index (χ3v) is 10.5. The summed E-state index contributed by atoms with van der Waals surface area (Å²) in [6.45, 7) is 8.48. The first-order chi connectivity index (χ1) is 6.02. The van der Waals surface area contributed by atoms with E-state index in [1.165, 1.54) is 6.54 Å².